The summed E-state index contributed by atoms with van der Waals surface area (Å²) in [6, 6.07) is 8.80. The van der Waals surface area contributed by atoms with Crippen molar-refractivity contribution in [3.63, 3.8) is 0 Å². The largest absolute Gasteiger partial charge is 0.490 e. The van der Waals surface area contributed by atoms with Crippen LogP contribution < -0.4 is 5.32 Å². The number of halogens is 4. The number of benzene rings is 1. The van der Waals surface area contributed by atoms with Gasteiger partial charge in [0.1, 0.15) is 10.0 Å². The van der Waals surface area contributed by atoms with E-state index < -0.39 is 28.0 Å². The second-order valence-corrected chi connectivity index (χ2v) is 9.88. The second kappa shape index (κ2) is 11.5. The van der Waals surface area contributed by atoms with Crippen LogP contribution in [0.3, 0.4) is 0 Å². The minimum absolute atomic E-state index is 0.0122. The van der Waals surface area contributed by atoms with Crippen LogP contribution >= 0.6 is 11.3 Å². The van der Waals surface area contributed by atoms with E-state index in [1.807, 2.05) is 0 Å². The van der Waals surface area contributed by atoms with Crippen molar-refractivity contribution in [2.24, 2.45) is 0 Å². The Morgan fingerprint density at radius 1 is 1.12 bits per heavy atom. The highest BCUT2D eigenvalue weighted by atomic mass is 32.2. The molecule has 182 valence electrons. The lowest BCUT2D eigenvalue weighted by atomic mass is 10.2. The van der Waals surface area contributed by atoms with Crippen LogP contribution in [-0.4, -0.2) is 73.5 Å². The van der Waals surface area contributed by atoms with E-state index >= 15 is 0 Å². The van der Waals surface area contributed by atoms with Crippen molar-refractivity contribution in [3.8, 4) is 0 Å². The minimum atomic E-state index is -5.08. The lowest BCUT2D eigenvalue weighted by Crippen LogP contribution is -2.50. The Morgan fingerprint density at radius 2 is 1.70 bits per heavy atom. The van der Waals surface area contributed by atoms with Gasteiger partial charge in [-0.25, -0.2) is 17.6 Å². The van der Waals surface area contributed by atoms with Crippen LogP contribution in [0.1, 0.15) is 5.56 Å². The standard InChI is InChI=1S/C17H20FN3O3S2.C2HF3O2/c18-15-5-3-14(4-6-15)12-21(26(23,24)17-2-1-11-25-17)13-16(22)20-9-7-19-8-10-20;3-2(4,5)1(6)7/h1-6,11,19H,7-10,12-13H2;(H,6,7). The third-order valence-corrected chi connectivity index (χ3v) is 7.55. The maximum atomic E-state index is 13.1. The van der Waals surface area contributed by atoms with Crippen molar-refractivity contribution in [2.45, 2.75) is 16.9 Å². The zero-order valence-corrected chi connectivity index (χ0v) is 18.7. The summed E-state index contributed by atoms with van der Waals surface area (Å²) in [6.45, 7) is 2.28. The number of nitrogens with one attached hydrogen (secondary N) is 1. The van der Waals surface area contributed by atoms with Crippen molar-refractivity contribution in [2.75, 3.05) is 32.7 Å². The molecule has 1 aromatic carbocycles. The predicted octanol–water partition coefficient (Wildman–Crippen LogP) is 2.14. The number of piperazine rings is 1. The molecule has 0 aliphatic carbocycles. The Kier molecular flexibility index (Phi) is 9.34. The molecule has 1 aromatic heterocycles. The maximum Gasteiger partial charge on any atom is 0.490 e. The number of hydrogen-bond acceptors (Lipinski definition) is 6. The number of sulfonamides is 1. The van der Waals surface area contributed by atoms with E-state index in [4.69, 9.17) is 9.90 Å². The van der Waals surface area contributed by atoms with E-state index in [2.05, 4.69) is 5.32 Å². The molecule has 0 bridgehead atoms. The molecule has 1 amide bonds. The Morgan fingerprint density at radius 3 is 2.18 bits per heavy atom. The molecule has 0 spiro atoms. The number of carbonyl (C=O) groups excluding carboxylic acids is 1. The highest BCUT2D eigenvalue weighted by Gasteiger charge is 2.38. The first-order valence-corrected chi connectivity index (χ1v) is 11.8. The molecule has 2 heterocycles. The number of alkyl halides is 3. The molecule has 0 atom stereocenters. The van der Waals surface area contributed by atoms with Crippen LogP contribution in [0.4, 0.5) is 17.6 Å². The number of aliphatic carboxylic acids is 1. The Hall–Kier alpha value is -2.55. The van der Waals surface area contributed by atoms with Crippen molar-refractivity contribution >= 4 is 33.2 Å². The van der Waals surface area contributed by atoms with Crippen LogP contribution in [0.15, 0.2) is 46.0 Å². The normalized spacial score (nSPS) is 14.5. The summed E-state index contributed by atoms with van der Waals surface area (Å²) in [5.41, 5.74) is 0.625. The molecule has 14 heteroatoms. The molecule has 1 aliphatic heterocycles. The fourth-order valence-electron chi connectivity index (χ4n) is 2.72. The van der Waals surface area contributed by atoms with Crippen molar-refractivity contribution in [3.05, 3.63) is 53.2 Å². The van der Waals surface area contributed by atoms with Crippen LogP contribution in [0, 0.1) is 5.82 Å². The molecule has 1 saturated heterocycles. The SMILES string of the molecule is O=C(CN(Cc1ccc(F)cc1)S(=O)(=O)c1cccs1)N1CCNCC1.O=C(O)C(F)(F)F. The zero-order valence-electron chi connectivity index (χ0n) is 17.1. The number of carbonyl (C=O) groups is 2. The average molecular weight is 512 g/mol. The van der Waals surface area contributed by atoms with Gasteiger partial charge in [0.25, 0.3) is 10.0 Å². The molecule has 0 unspecified atom stereocenters. The summed E-state index contributed by atoms with van der Waals surface area (Å²) in [4.78, 5) is 23.2. The van der Waals surface area contributed by atoms with E-state index in [0.717, 1.165) is 15.6 Å². The smallest absolute Gasteiger partial charge is 0.475 e. The summed E-state index contributed by atoms with van der Waals surface area (Å²) < 4.78 is 72.1. The van der Waals surface area contributed by atoms with Crippen LogP contribution in [0.5, 0.6) is 0 Å². The van der Waals surface area contributed by atoms with Crippen LogP contribution in [-0.2, 0) is 26.2 Å². The highest BCUT2D eigenvalue weighted by Crippen LogP contribution is 2.23. The Bertz CT molecular complexity index is 1020. The predicted molar refractivity (Wildman–Crippen MR) is 111 cm³/mol. The van der Waals surface area contributed by atoms with Crippen molar-refractivity contribution in [1.82, 2.24) is 14.5 Å². The van der Waals surface area contributed by atoms with Gasteiger partial charge in [-0.2, -0.15) is 17.5 Å². The number of thiophene rings is 1. The van der Waals surface area contributed by atoms with Gasteiger partial charge in [-0.05, 0) is 29.1 Å². The lowest BCUT2D eigenvalue weighted by Gasteiger charge is -2.30. The Balaban J connectivity index is 0.000000479. The summed E-state index contributed by atoms with van der Waals surface area (Å²) in [6.07, 6.45) is -5.08. The van der Waals surface area contributed by atoms with Gasteiger partial charge in [-0.1, -0.05) is 18.2 Å². The van der Waals surface area contributed by atoms with Crippen molar-refractivity contribution < 1.29 is 40.7 Å². The molecule has 1 fully saturated rings. The molecule has 8 nitrogen and oxygen atoms in total. The fourth-order valence-corrected chi connectivity index (χ4v) is 5.24. The number of amides is 1. The van der Waals surface area contributed by atoms with Gasteiger partial charge >= 0.3 is 12.1 Å². The summed E-state index contributed by atoms with van der Waals surface area (Å²) in [5, 5.41) is 12.0. The molecular formula is C19H21F4N3O5S2. The summed E-state index contributed by atoms with van der Waals surface area (Å²) in [5.74, 6) is -3.38. The monoisotopic (exact) mass is 511 g/mol. The van der Waals surface area contributed by atoms with E-state index in [1.165, 1.54) is 30.3 Å². The van der Waals surface area contributed by atoms with Gasteiger partial charge in [0, 0.05) is 32.7 Å². The molecule has 0 saturated carbocycles. The maximum absolute atomic E-state index is 13.1. The third-order valence-electron chi connectivity index (χ3n) is 4.39. The van der Waals surface area contributed by atoms with E-state index in [9.17, 15) is 30.8 Å². The van der Waals surface area contributed by atoms with Gasteiger partial charge < -0.3 is 15.3 Å². The number of hydrogen-bond donors (Lipinski definition) is 2. The summed E-state index contributed by atoms with van der Waals surface area (Å²) >= 11 is 1.11. The van der Waals surface area contributed by atoms with E-state index in [1.54, 1.807) is 16.3 Å². The first kappa shape index (κ1) is 26.7. The minimum Gasteiger partial charge on any atom is -0.475 e. The van der Waals surface area contributed by atoms with Gasteiger partial charge in [0.15, 0.2) is 0 Å². The fraction of sp³-hybridized carbons (Fsp3) is 0.368. The first-order valence-electron chi connectivity index (χ1n) is 9.48. The molecule has 33 heavy (non-hydrogen) atoms. The topological polar surface area (TPSA) is 107 Å². The average Bonchev–Trinajstić information content (AvgIpc) is 3.31. The molecule has 1 aliphatic rings. The molecule has 2 aromatic rings. The highest BCUT2D eigenvalue weighted by molar-refractivity contribution is 7.91. The quantitative estimate of drug-likeness (QED) is 0.576. The third kappa shape index (κ3) is 8.07. The van der Waals surface area contributed by atoms with Crippen LogP contribution in [0.2, 0.25) is 0 Å². The van der Waals surface area contributed by atoms with Crippen LogP contribution in [0.25, 0.3) is 0 Å². The second-order valence-electron chi connectivity index (χ2n) is 6.77. The van der Waals surface area contributed by atoms with E-state index in [0.29, 0.717) is 31.7 Å². The van der Waals surface area contributed by atoms with Crippen molar-refractivity contribution in [1.29, 1.82) is 0 Å². The number of carboxylic acid groups (broad SMARTS) is 1. The number of rotatable bonds is 6. The molecule has 2 N–H and O–H groups in total. The lowest BCUT2D eigenvalue weighted by molar-refractivity contribution is -0.192. The first-order chi connectivity index (χ1) is 15.4. The number of carboxylic acids is 1. The van der Waals surface area contributed by atoms with Gasteiger partial charge in [-0.3, -0.25) is 4.79 Å². The Labute approximate surface area is 191 Å². The molecule has 3 rings (SSSR count). The molecule has 0 radical (unpaired) electrons. The zero-order chi connectivity index (χ0) is 24.6. The van der Waals surface area contributed by atoms with E-state index in [-0.39, 0.29) is 23.2 Å². The summed E-state index contributed by atoms with van der Waals surface area (Å²) in [7, 11) is -3.80. The molecular weight excluding hydrogens is 490 g/mol. The van der Waals surface area contributed by atoms with Gasteiger partial charge in [0.05, 0.1) is 6.54 Å². The number of nitrogens with zero attached hydrogens (tertiary/aromatic N) is 2. The van der Waals surface area contributed by atoms with Gasteiger partial charge in [-0.15, -0.1) is 11.3 Å². The van der Waals surface area contributed by atoms with Gasteiger partial charge in [0.2, 0.25) is 5.91 Å².